The minimum atomic E-state index is 0.119. The first-order valence-electron chi connectivity index (χ1n) is 7.87. The summed E-state index contributed by atoms with van der Waals surface area (Å²) in [6, 6.07) is 0.682. The lowest BCUT2D eigenvalue weighted by Crippen LogP contribution is -2.47. The average molecular weight is 276 g/mol. The molecule has 110 valence electrons. The molecule has 2 aliphatic rings. The summed E-state index contributed by atoms with van der Waals surface area (Å²) >= 11 is 0. The van der Waals surface area contributed by atoms with E-state index >= 15 is 0 Å². The Kier molecular flexibility index (Phi) is 4.35. The molecule has 2 saturated heterocycles. The van der Waals surface area contributed by atoms with Crippen molar-refractivity contribution in [3.63, 3.8) is 0 Å². The molecule has 0 bridgehead atoms. The predicted octanol–water partition coefficient (Wildman–Crippen LogP) is 1.89. The Bertz CT molecular complexity index is 415. The third-order valence-electron chi connectivity index (χ3n) is 4.65. The third-order valence-corrected chi connectivity index (χ3v) is 4.65. The molecule has 1 amide bonds. The Morgan fingerprint density at radius 3 is 2.40 bits per heavy atom. The van der Waals surface area contributed by atoms with Crippen molar-refractivity contribution in [1.82, 2.24) is 20.0 Å². The van der Waals surface area contributed by atoms with Crippen molar-refractivity contribution in [2.24, 2.45) is 0 Å². The molecule has 1 aromatic rings. The smallest absolute Gasteiger partial charge is 0.257 e. The summed E-state index contributed by atoms with van der Waals surface area (Å²) in [5.41, 5.74) is 0.679. The van der Waals surface area contributed by atoms with Crippen molar-refractivity contribution >= 4 is 5.91 Å². The van der Waals surface area contributed by atoms with Gasteiger partial charge < -0.3 is 9.80 Å². The van der Waals surface area contributed by atoms with E-state index in [9.17, 15) is 4.79 Å². The third kappa shape index (κ3) is 3.03. The molecule has 0 spiro atoms. The molecule has 1 N–H and O–H groups in total. The molecular weight excluding hydrogens is 252 g/mol. The standard InChI is InChI=1S/C15H24N4O/c20-15(13-11-16-17-12-13)19-9-5-14(6-10-19)18-7-3-1-2-4-8-18/h11-12,14H,1-10H2,(H,16,17). The lowest BCUT2D eigenvalue weighted by Gasteiger charge is -2.38. The lowest BCUT2D eigenvalue weighted by atomic mass is 10.0. The Morgan fingerprint density at radius 1 is 1.10 bits per heavy atom. The minimum Gasteiger partial charge on any atom is -0.338 e. The Hall–Kier alpha value is -1.36. The predicted molar refractivity (Wildman–Crippen MR) is 77.6 cm³/mol. The van der Waals surface area contributed by atoms with Crippen LogP contribution < -0.4 is 0 Å². The van der Waals surface area contributed by atoms with Gasteiger partial charge in [-0.15, -0.1) is 0 Å². The second-order valence-electron chi connectivity index (χ2n) is 5.96. The number of nitrogens with one attached hydrogen (secondary N) is 1. The molecule has 0 unspecified atom stereocenters. The van der Waals surface area contributed by atoms with E-state index in [0.717, 1.165) is 25.9 Å². The van der Waals surface area contributed by atoms with Gasteiger partial charge in [0.1, 0.15) is 0 Å². The van der Waals surface area contributed by atoms with Crippen LogP contribution in [0, 0.1) is 0 Å². The molecule has 0 atom stereocenters. The number of hydrogen-bond acceptors (Lipinski definition) is 3. The highest BCUT2D eigenvalue weighted by Crippen LogP contribution is 2.21. The van der Waals surface area contributed by atoms with Crippen LogP contribution in [0.25, 0.3) is 0 Å². The first kappa shape index (κ1) is 13.6. The van der Waals surface area contributed by atoms with Crippen molar-refractivity contribution in [2.45, 2.75) is 44.6 Å². The van der Waals surface area contributed by atoms with Gasteiger partial charge in [0.05, 0.1) is 11.8 Å². The number of aromatic amines is 1. The van der Waals surface area contributed by atoms with E-state index in [1.165, 1.54) is 38.8 Å². The maximum Gasteiger partial charge on any atom is 0.257 e. The largest absolute Gasteiger partial charge is 0.338 e. The molecule has 0 aliphatic carbocycles. The Morgan fingerprint density at radius 2 is 1.80 bits per heavy atom. The number of H-pyrrole nitrogens is 1. The van der Waals surface area contributed by atoms with Crippen LogP contribution in [-0.4, -0.2) is 58.1 Å². The zero-order chi connectivity index (χ0) is 13.8. The molecule has 2 aliphatic heterocycles. The fourth-order valence-electron chi connectivity index (χ4n) is 3.44. The van der Waals surface area contributed by atoms with Gasteiger partial charge in [-0.1, -0.05) is 12.8 Å². The van der Waals surface area contributed by atoms with Crippen LogP contribution >= 0.6 is 0 Å². The minimum absolute atomic E-state index is 0.119. The van der Waals surface area contributed by atoms with Gasteiger partial charge in [-0.3, -0.25) is 9.89 Å². The first-order chi connectivity index (χ1) is 9.84. The van der Waals surface area contributed by atoms with Crippen LogP contribution in [0.3, 0.4) is 0 Å². The van der Waals surface area contributed by atoms with Crippen LogP contribution in [0.4, 0.5) is 0 Å². The zero-order valence-electron chi connectivity index (χ0n) is 12.1. The van der Waals surface area contributed by atoms with Gasteiger partial charge in [0, 0.05) is 25.3 Å². The summed E-state index contributed by atoms with van der Waals surface area (Å²) in [4.78, 5) is 16.9. The molecule has 3 rings (SSSR count). The molecule has 0 saturated carbocycles. The summed E-state index contributed by atoms with van der Waals surface area (Å²) < 4.78 is 0. The van der Waals surface area contributed by atoms with E-state index in [2.05, 4.69) is 15.1 Å². The van der Waals surface area contributed by atoms with Gasteiger partial charge in [0.25, 0.3) is 5.91 Å². The maximum atomic E-state index is 12.3. The molecule has 0 radical (unpaired) electrons. The fraction of sp³-hybridized carbons (Fsp3) is 0.733. The first-order valence-corrected chi connectivity index (χ1v) is 7.87. The van der Waals surface area contributed by atoms with Gasteiger partial charge in [-0.05, 0) is 38.8 Å². The number of carbonyl (C=O) groups excluding carboxylic acids is 1. The SMILES string of the molecule is O=C(c1cn[nH]c1)N1CCC(N2CCCCCC2)CC1. The number of piperidine rings is 1. The second-order valence-corrected chi connectivity index (χ2v) is 5.96. The van der Waals surface area contributed by atoms with Crippen molar-refractivity contribution in [3.05, 3.63) is 18.0 Å². The fourth-order valence-corrected chi connectivity index (χ4v) is 3.44. The quantitative estimate of drug-likeness (QED) is 0.897. The molecule has 5 heteroatoms. The Labute approximate surface area is 120 Å². The van der Waals surface area contributed by atoms with Crippen LogP contribution in [0.5, 0.6) is 0 Å². The van der Waals surface area contributed by atoms with Gasteiger partial charge >= 0.3 is 0 Å². The number of carbonyl (C=O) groups is 1. The molecule has 1 aromatic heterocycles. The van der Waals surface area contributed by atoms with Gasteiger partial charge in [-0.2, -0.15) is 5.10 Å². The van der Waals surface area contributed by atoms with E-state index in [-0.39, 0.29) is 5.91 Å². The van der Waals surface area contributed by atoms with E-state index in [4.69, 9.17) is 0 Å². The van der Waals surface area contributed by atoms with Gasteiger partial charge in [0.2, 0.25) is 0 Å². The number of rotatable bonds is 2. The monoisotopic (exact) mass is 276 g/mol. The maximum absolute atomic E-state index is 12.3. The van der Waals surface area contributed by atoms with Crippen LogP contribution in [0.15, 0.2) is 12.4 Å². The highest BCUT2D eigenvalue weighted by Gasteiger charge is 2.27. The lowest BCUT2D eigenvalue weighted by molar-refractivity contribution is 0.0623. The van der Waals surface area contributed by atoms with Crippen molar-refractivity contribution in [1.29, 1.82) is 0 Å². The van der Waals surface area contributed by atoms with Gasteiger partial charge in [-0.25, -0.2) is 0 Å². The molecule has 0 aromatic carbocycles. The van der Waals surface area contributed by atoms with Crippen molar-refractivity contribution in [2.75, 3.05) is 26.2 Å². The highest BCUT2D eigenvalue weighted by molar-refractivity contribution is 5.93. The molecular formula is C15H24N4O. The number of nitrogens with zero attached hydrogens (tertiary/aromatic N) is 3. The van der Waals surface area contributed by atoms with Crippen LogP contribution in [-0.2, 0) is 0 Å². The summed E-state index contributed by atoms with van der Waals surface area (Å²) in [5.74, 6) is 0.119. The molecule has 20 heavy (non-hydrogen) atoms. The Balaban J connectivity index is 1.52. The average Bonchev–Trinajstić information content (AvgIpc) is 2.89. The molecule has 5 nitrogen and oxygen atoms in total. The number of amides is 1. The normalized spacial score (nSPS) is 22.7. The van der Waals surface area contributed by atoms with Crippen molar-refractivity contribution in [3.8, 4) is 0 Å². The highest BCUT2D eigenvalue weighted by atomic mass is 16.2. The van der Waals surface area contributed by atoms with E-state index in [0.29, 0.717) is 11.6 Å². The summed E-state index contributed by atoms with van der Waals surface area (Å²) in [6.07, 6.45) is 11.0. The van der Waals surface area contributed by atoms with E-state index in [1.807, 2.05) is 4.90 Å². The number of aromatic nitrogens is 2. The number of likely N-dealkylation sites (tertiary alicyclic amines) is 2. The summed E-state index contributed by atoms with van der Waals surface area (Å²) in [7, 11) is 0. The van der Waals surface area contributed by atoms with Crippen LogP contribution in [0.1, 0.15) is 48.9 Å². The van der Waals surface area contributed by atoms with Crippen LogP contribution in [0.2, 0.25) is 0 Å². The molecule has 3 heterocycles. The van der Waals surface area contributed by atoms with Crippen molar-refractivity contribution < 1.29 is 4.79 Å². The zero-order valence-corrected chi connectivity index (χ0v) is 12.1. The van der Waals surface area contributed by atoms with Gasteiger partial charge in [0.15, 0.2) is 0 Å². The molecule has 2 fully saturated rings. The summed E-state index contributed by atoms with van der Waals surface area (Å²) in [5, 5.41) is 6.57. The topological polar surface area (TPSA) is 52.2 Å². The second kappa shape index (κ2) is 6.39. The van der Waals surface area contributed by atoms with E-state index in [1.54, 1.807) is 12.4 Å². The summed E-state index contributed by atoms with van der Waals surface area (Å²) in [6.45, 7) is 4.26. The van der Waals surface area contributed by atoms with E-state index < -0.39 is 0 Å². The number of hydrogen-bond donors (Lipinski definition) is 1.